The lowest BCUT2D eigenvalue weighted by molar-refractivity contribution is -0.178. The minimum atomic E-state index is -5.12. The largest absolute Gasteiger partial charge is 0.465 e. The standard InChI is InChI=1S/C13H19F3O3S/c1-6-8-12(10(18)19-7-2,20-11(3,4)5)9(17)13(14,15)16/h6H,1,7-8H2,2-5H3. The van der Waals surface area contributed by atoms with Crippen LogP contribution in [-0.4, -0.2) is 34.0 Å². The fraction of sp³-hybridized carbons (Fsp3) is 0.692. The van der Waals surface area contributed by atoms with E-state index in [1.54, 1.807) is 20.8 Å². The van der Waals surface area contributed by atoms with Crippen LogP contribution in [0.15, 0.2) is 12.7 Å². The molecule has 0 bridgehead atoms. The maximum absolute atomic E-state index is 12.8. The third kappa shape index (κ3) is 4.85. The van der Waals surface area contributed by atoms with E-state index < -0.39 is 33.8 Å². The Morgan fingerprint density at radius 1 is 1.25 bits per heavy atom. The van der Waals surface area contributed by atoms with Crippen LogP contribution in [0.2, 0.25) is 0 Å². The molecule has 0 radical (unpaired) electrons. The summed E-state index contributed by atoms with van der Waals surface area (Å²) in [7, 11) is 0. The first-order valence-electron chi connectivity index (χ1n) is 6.00. The highest BCUT2D eigenvalue weighted by Crippen LogP contribution is 2.44. The van der Waals surface area contributed by atoms with Crippen LogP contribution in [0.1, 0.15) is 34.1 Å². The van der Waals surface area contributed by atoms with Crippen LogP contribution >= 0.6 is 11.8 Å². The van der Waals surface area contributed by atoms with Gasteiger partial charge in [0.1, 0.15) is 0 Å². The average Bonchev–Trinajstić information content (AvgIpc) is 2.24. The summed E-state index contributed by atoms with van der Waals surface area (Å²) in [6.45, 7) is 9.58. The second kappa shape index (κ2) is 6.65. The molecule has 3 nitrogen and oxygen atoms in total. The van der Waals surface area contributed by atoms with Crippen molar-refractivity contribution in [3.8, 4) is 0 Å². The predicted octanol–water partition coefficient (Wildman–Crippen LogP) is 3.53. The molecule has 0 amide bonds. The van der Waals surface area contributed by atoms with Gasteiger partial charge in [-0.05, 0) is 13.3 Å². The first kappa shape index (κ1) is 19.0. The van der Waals surface area contributed by atoms with Crippen LogP contribution in [0.3, 0.4) is 0 Å². The fourth-order valence-electron chi connectivity index (χ4n) is 1.60. The lowest BCUT2D eigenvalue weighted by Gasteiger charge is -2.34. The summed E-state index contributed by atoms with van der Waals surface area (Å²) in [5.41, 5.74) is 0. The number of hydrogen-bond donors (Lipinski definition) is 0. The van der Waals surface area contributed by atoms with Crippen LogP contribution in [0, 0.1) is 0 Å². The molecule has 0 N–H and O–H groups in total. The van der Waals surface area contributed by atoms with Gasteiger partial charge in [0, 0.05) is 4.75 Å². The first-order chi connectivity index (χ1) is 8.90. The Hall–Kier alpha value is -0.980. The van der Waals surface area contributed by atoms with Gasteiger partial charge in [-0.3, -0.25) is 9.59 Å². The van der Waals surface area contributed by atoms with Gasteiger partial charge in [0.2, 0.25) is 0 Å². The predicted molar refractivity (Wildman–Crippen MR) is 72.6 cm³/mol. The van der Waals surface area contributed by atoms with Crippen molar-refractivity contribution in [2.24, 2.45) is 0 Å². The van der Waals surface area contributed by atoms with Gasteiger partial charge in [0.05, 0.1) is 6.61 Å². The molecule has 0 spiro atoms. The van der Waals surface area contributed by atoms with E-state index in [9.17, 15) is 22.8 Å². The lowest BCUT2D eigenvalue weighted by atomic mass is 9.98. The molecule has 0 aromatic rings. The number of ketones is 1. The average molecular weight is 312 g/mol. The van der Waals surface area contributed by atoms with E-state index in [1.807, 2.05) is 0 Å². The number of halogens is 3. The van der Waals surface area contributed by atoms with Crippen LogP contribution in [0.4, 0.5) is 13.2 Å². The summed E-state index contributed by atoms with van der Waals surface area (Å²) < 4.78 is 40.1. The molecule has 1 unspecified atom stereocenters. The monoisotopic (exact) mass is 312 g/mol. The molecule has 116 valence electrons. The SMILES string of the molecule is C=CCC(SC(C)(C)C)(C(=O)OCC)C(=O)C(F)(F)F. The number of alkyl halides is 3. The van der Waals surface area contributed by atoms with E-state index in [0.29, 0.717) is 11.8 Å². The number of rotatable bonds is 6. The van der Waals surface area contributed by atoms with E-state index in [4.69, 9.17) is 4.74 Å². The van der Waals surface area contributed by atoms with Gasteiger partial charge in [0.25, 0.3) is 5.78 Å². The number of hydrogen-bond acceptors (Lipinski definition) is 4. The molecule has 0 aliphatic carbocycles. The number of ether oxygens (including phenoxy) is 1. The Labute approximate surface area is 120 Å². The van der Waals surface area contributed by atoms with Gasteiger partial charge in [-0.1, -0.05) is 26.8 Å². The minimum absolute atomic E-state index is 0.104. The molecule has 1 atom stereocenters. The summed E-state index contributed by atoms with van der Waals surface area (Å²) in [5, 5.41) is 0. The maximum atomic E-state index is 12.8. The van der Waals surface area contributed by atoms with E-state index in [1.165, 1.54) is 6.92 Å². The van der Waals surface area contributed by atoms with Crippen LogP contribution < -0.4 is 0 Å². The van der Waals surface area contributed by atoms with Gasteiger partial charge in [-0.25, -0.2) is 0 Å². The Kier molecular flexibility index (Phi) is 6.32. The Bertz CT molecular complexity index is 385. The molecule has 0 aliphatic rings. The highest BCUT2D eigenvalue weighted by atomic mass is 32.2. The zero-order valence-corrected chi connectivity index (χ0v) is 12.8. The van der Waals surface area contributed by atoms with Crippen molar-refractivity contribution in [1.29, 1.82) is 0 Å². The summed E-state index contributed by atoms with van der Waals surface area (Å²) in [6.07, 6.45) is -4.43. The summed E-state index contributed by atoms with van der Waals surface area (Å²) in [4.78, 5) is 23.8. The van der Waals surface area contributed by atoms with Crippen LogP contribution in [-0.2, 0) is 14.3 Å². The van der Waals surface area contributed by atoms with Crippen molar-refractivity contribution < 1.29 is 27.5 Å². The van der Waals surface area contributed by atoms with Gasteiger partial charge < -0.3 is 4.74 Å². The van der Waals surface area contributed by atoms with Gasteiger partial charge in [0.15, 0.2) is 4.75 Å². The summed E-state index contributed by atoms with van der Waals surface area (Å²) >= 11 is 0.642. The molecule has 0 aromatic carbocycles. The van der Waals surface area contributed by atoms with Gasteiger partial charge >= 0.3 is 12.1 Å². The molecule has 0 rings (SSSR count). The van der Waals surface area contributed by atoms with Crippen LogP contribution in [0.5, 0.6) is 0 Å². The number of carbonyl (C=O) groups excluding carboxylic acids is 2. The molecule has 0 fully saturated rings. The second-order valence-corrected chi connectivity index (χ2v) is 7.21. The van der Waals surface area contributed by atoms with Crippen molar-refractivity contribution in [3.63, 3.8) is 0 Å². The Balaban J connectivity index is 5.86. The fourth-order valence-corrected chi connectivity index (χ4v) is 3.20. The molecule has 0 saturated carbocycles. The second-order valence-electron chi connectivity index (χ2n) is 5.08. The lowest BCUT2D eigenvalue weighted by Crippen LogP contribution is -2.52. The zero-order valence-electron chi connectivity index (χ0n) is 12.0. The molecule has 0 heterocycles. The third-order valence-electron chi connectivity index (χ3n) is 2.14. The van der Waals surface area contributed by atoms with Crippen molar-refractivity contribution in [3.05, 3.63) is 12.7 Å². The number of allylic oxidation sites excluding steroid dienone is 1. The Morgan fingerprint density at radius 2 is 1.75 bits per heavy atom. The summed E-state index contributed by atoms with van der Waals surface area (Å²) in [5.74, 6) is -3.29. The highest BCUT2D eigenvalue weighted by molar-refractivity contribution is 8.03. The zero-order chi connectivity index (χ0) is 16.2. The van der Waals surface area contributed by atoms with Gasteiger partial charge in [-0.15, -0.1) is 18.3 Å². The quantitative estimate of drug-likeness (QED) is 0.427. The highest BCUT2D eigenvalue weighted by Gasteiger charge is 2.59. The third-order valence-corrected chi connectivity index (χ3v) is 3.62. The number of Topliss-reactive ketones (excluding diaryl/α,β-unsaturated/α-hetero) is 1. The Morgan fingerprint density at radius 3 is 2.05 bits per heavy atom. The first-order valence-corrected chi connectivity index (χ1v) is 6.82. The molecule has 0 aromatic heterocycles. The van der Waals surface area contributed by atoms with Crippen molar-refractivity contribution in [2.45, 2.75) is 49.8 Å². The van der Waals surface area contributed by atoms with E-state index in [-0.39, 0.29) is 6.61 Å². The van der Waals surface area contributed by atoms with E-state index >= 15 is 0 Å². The molecule has 0 aliphatic heterocycles. The topological polar surface area (TPSA) is 43.4 Å². The van der Waals surface area contributed by atoms with Crippen molar-refractivity contribution in [1.82, 2.24) is 0 Å². The molecule has 7 heteroatoms. The summed E-state index contributed by atoms with van der Waals surface area (Å²) in [6, 6.07) is 0. The molecule has 20 heavy (non-hydrogen) atoms. The molecular weight excluding hydrogens is 293 g/mol. The molecular formula is C13H19F3O3S. The normalized spacial score (nSPS) is 15.3. The number of thioether (sulfide) groups is 1. The van der Waals surface area contributed by atoms with Gasteiger partial charge in [-0.2, -0.15) is 13.2 Å². The van der Waals surface area contributed by atoms with E-state index in [2.05, 4.69) is 6.58 Å². The number of esters is 1. The van der Waals surface area contributed by atoms with E-state index in [0.717, 1.165) is 6.08 Å². The smallest absolute Gasteiger partial charge is 0.452 e. The van der Waals surface area contributed by atoms with Crippen LogP contribution in [0.25, 0.3) is 0 Å². The number of carbonyl (C=O) groups is 2. The molecule has 0 saturated heterocycles. The van der Waals surface area contributed by atoms with Crippen molar-refractivity contribution >= 4 is 23.5 Å². The maximum Gasteiger partial charge on any atom is 0.452 e. The van der Waals surface area contributed by atoms with Crippen molar-refractivity contribution in [2.75, 3.05) is 6.61 Å². The minimum Gasteiger partial charge on any atom is -0.465 e.